The first-order chi connectivity index (χ1) is 12.4. The number of hydrogen-bond donors (Lipinski definition) is 1. The Morgan fingerprint density at radius 1 is 1.15 bits per heavy atom. The second-order valence-corrected chi connectivity index (χ2v) is 7.33. The number of carboxylic acid groups (broad SMARTS) is 1. The number of halogens is 2. The molecule has 0 saturated carbocycles. The summed E-state index contributed by atoms with van der Waals surface area (Å²) in [6, 6.07) is 10.3. The fourth-order valence-electron chi connectivity index (χ4n) is 2.65. The van der Waals surface area contributed by atoms with Crippen LogP contribution in [0.5, 0.6) is 0 Å². The van der Waals surface area contributed by atoms with Crippen molar-refractivity contribution in [3.05, 3.63) is 62.5 Å². The molecule has 0 radical (unpaired) electrons. The number of nitrogens with zero attached hydrogens (tertiary/aromatic N) is 3. The van der Waals surface area contributed by atoms with Gasteiger partial charge >= 0.3 is 5.97 Å². The minimum atomic E-state index is -1.07. The topological polar surface area (TPSA) is 85.1 Å². The molecule has 0 bridgehead atoms. The third-order valence-electron chi connectivity index (χ3n) is 3.80. The van der Waals surface area contributed by atoms with Crippen molar-refractivity contribution in [3.8, 4) is 5.13 Å². The van der Waals surface area contributed by atoms with E-state index in [2.05, 4.69) is 10.1 Å². The van der Waals surface area contributed by atoms with Gasteiger partial charge in [0.15, 0.2) is 0 Å². The molecule has 2 heterocycles. The van der Waals surface area contributed by atoms with Crippen LogP contribution < -0.4 is 5.56 Å². The molecule has 0 aliphatic rings. The number of benzene rings is 2. The molecule has 4 rings (SSSR count). The molecule has 130 valence electrons. The average molecular weight is 406 g/mol. The number of aliphatic carboxylic acids is 1. The van der Waals surface area contributed by atoms with E-state index in [-0.39, 0.29) is 27.5 Å². The molecule has 0 atom stereocenters. The SMILES string of the molecule is O=C(O)Cc1nn(-c2nc3ccccc3s2)c(=O)c2cc(Cl)c(Cl)cc12. The van der Waals surface area contributed by atoms with E-state index >= 15 is 0 Å². The maximum atomic E-state index is 12.9. The zero-order chi connectivity index (χ0) is 18.4. The minimum absolute atomic E-state index is 0.208. The number of hydrogen-bond acceptors (Lipinski definition) is 5. The average Bonchev–Trinajstić information content (AvgIpc) is 3.02. The lowest BCUT2D eigenvalue weighted by atomic mass is 10.1. The summed E-state index contributed by atoms with van der Waals surface area (Å²) in [6.45, 7) is 0. The van der Waals surface area contributed by atoms with Gasteiger partial charge in [-0.15, -0.1) is 0 Å². The number of thiazole rings is 1. The Bertz CT molecular complexity index is 1220. The first-order valence-electron chi connectivity index (χ1n) is 7.43. The molecule has 1 N–H and O–H groups in total. The zero-order valence-corrected chi connectivity index (χ0v) is 15.3. The highest BCUT2D eigenvalue weighted by atomic mass is 35.5. The second kappa shape index (κ2) is 6.35. The quantitative estimate of drug-likeness (QED) is 0.557. The number of carboxylic acids is 1. The predicted octanol–water partition coefficient (Wildman–Crippen LogP) is 3.93. The van der Waals surface area contributed by atoms with Gasteiger partial charge in [-0.25, -0.2) is 4.98 Å². The van der Waals surface area contributed by atoms with Crippen molar-refractivity contribution in [1.29, 1.82) is 0 Å². The highest BCUT2D eigenvalue weighted by molar-refractivity contribution is 7.20. The fourth-order valence-corrected chi connectivity index (χ4v) is 3.89. The maximum absolute atomic E-state index is 12.9. The molecular weight excluding hydrogens is 397 g/mol. The molecule has 9 heteroatoms. The monoisotopic (exact) mass is 405 g/mol. The van der Waals surface area contributed by atoms with Crippen molar-refractivity contribution >= 4 is 61.5 Å². The zero-order valence-electron chi connectivity index (χ0n) is 12.9. The van der Waals surface area contributed by atoms with Crippen LogP contribution in [0.4, 0.5) is 0 Å². The van der Waals surface area contributed by atoms with Crippen LogP contribution >= 0.6 is 34.5 Å². The predicted molar refractivity (Wildman–Crippen MR) is 102 cm³/mol. The smallest absolute Gasteiger partial charge is 0.309 e. The van der Waals surface area contributed by atoms with E-state index in [1.165, 1.54) is 23.5 Å². The van der Waals surface area contributed by atoms with Gasteiger partial charge in [0, 0.05) is 5.39 Å². The van der Waals surface area contributed by atoms with Crippen LogP contribution in [-0.2, 0) is 11.2 Å². The Hall–Kier alpha value is -2.48. The van der Waals surface area contributed by atoms with Crippen LogP contribution in [0.1, 0.15) is 5.69 Å². The van der Waals surface area contributed by atoms with Crippen molar-refractivity contribution < 1.29 is 9.90 Å². The van der Waals surface area contributed by atoms with Gasteiger partial charge in [-0.1, -0.05) is 46.7 Å². The highest BCUT2D eigenvalue weighted by Crippen LogP contribution is 2.29. The van der Waals surface area contributed by atoms with Gasteiger partial charge in [0.2, 0.25) is 5.13 Å². The van der Waals surface area contributed by atoms with Gasteiger partial charge in [0.05, 0.1) is 37.8 Å². The van der Waals surface area contributed by atoms with Gasteiger partial charge in [0.1, 0.15) is 0 Å². The fraction of sp³-hybridized carbons (Fsp3) is 0.0588. The third-order valence-corrected chi connectivity index (χ3v) is 5.53. The van der Waals surface area contributed by atoms with E-state index in [4.69, 9.17) is 23.2 Å². The summed E-state index contributed by atoms with van der Waals surface area (Å²) in [5.74, 6) is -1.07. The maximum Gasteiger partial charge on any atom is 0.309 e. The van der Waals surface area contributed by atoms with Crippen molar-refractivity contribution in [3.63, 3.8) is 0 Å². The van der Waals surface area contributed by atoms with Crippen LogP contribution in [0, 0.1) is 0 Å². The molecular formula is C17H9Cl2N3O3S. The molecule has 0 aliphatic carbocycles. The summed E-state index contributed by atoms with van der Waals surface area (Å²) >= 11 is 13.4. The van der Waals surface area contributed by atoms with Crippen LogP contribution in [0.15, 0.2) is 41.2 Å². The molecule has 0 fully saturated rings. The van der Waals surface area contributed by atoms with Gasteiger partial charge in [-0.05, 0) is 24.3 Å². The lowest BCUT2D eigenvalue weighted by Crippen LogP contribution is -2.24. The number of carbonyl (C=O) groups is 1. The van der Waals surface area contributed by atoms with Gasteiger partial charge in [0.25, 0.3) is 5.56 Å². The number of rotatable bonds is 3. The Morgan fingerprint density at radius 3 is 2.54 bits per heavy atom. The van der Waals surface area contributed by atoms with E-state index in [9.17, 15) is 14.7 Å². The summed E-state index contributed by atoms with van der Waals surface area (Å²) < 4.78 is 2.01. The standard InChI is InChI=1S/C17H9Cl2N3O3S/c18-10-5-8-9(6-11(10)19)16(25)22(21-13(8)7-15(23)24)17-20-12-3-1-2-4-14(12)26-17/h1-6H,7H2,(H,23,24). The molecule has 2 aromatic carbocycles. The van der Waals surface area contributed by atoms with Crippen molar-refractivity contribution in [2.75, 3.05) is 0 Å². The largest absolute Gasteiger partial charge is 0.481 e. The molecule has 26 heavy (non-hydrogen) atoms. The lowest BCUT2D eigenvalue weighted by molar-refractivity contribution is -0.136. The first-order valence-corrected chi connectivity index (χ1v) is 9.00. The molecule has 0 aliphatic heterocycles. The molecule has 0 amide bonds. The summed E-state index contributed by atoms with van der Waals surface area (Å²) in [5.41, 5.74) is 0.506. The van der Waals surface area contributed by atoms with Gasteiger partial charge < -0.3 is 5.11 Å². The Morgan fingerprint density at radius 2 is 1.85 bits per heavy atom. The summed E-state index contributed by atoms with van der Waals surface area (Å²) in [5, 5.41) is 14.8. The van der Waals surface area contributed by atoms with Crippen LogP contribution in [0.3, 0.4) is 0 Å². The van der Waals surface area contributed by atoms with E-state index in [1.54, 1.807) is 0 Å². The summed E-state index contributed by atoms with van der Waals surface area (Å²) in [6.07, 6.45) is -0.361. The van der Waals surface area contributed by atoms with Crippen LogP contribution in [0.2, 0.25) is 10.0 Å². The van der Waals surface area contributed by atoms with E-state index in [1.807, 2.05) is 24.3 Å². The van der Waals surface area contributed by atoms with Crippen LogP contribution in [-0.4, -0.2) is 25.8 Å². The number of fused-ring (bicyclic) bond motifs is 2. The summed E-state index contributed by atoms with van der Waals surface area (Å²) in [4.78, 5) is 28.6. The van der Waals surface area contributed by atoms with E-state index in [0.717, 1.165) is 14.9 Å². The summed E-state index contributed by atoms with van der Waals surface area (Å²) in [7, 11) is 0. The Kier molecular flexibility index (Phi) is 4.14. The van der Waals surface area contributed by atoms with Crippen molar-refractivity contribution in [1.82, 2.24) is 14.8 Å². The van der Waals surface area contributed by atoms with Gasteiger partial charge in [-0.2, -0.15) is 9.78 Å². The molecule has 0 unspecified atom stereocenters. The molecule has 6 nitrogen and oxygen atoms in total. The molecule has 0 spiro atoms. The second-order valence-electron chi connectivity index (χ2n) is 5.51. The Labute approximate surface area is 160 Å². The minimum Gasteiger partial charge on any atom is -0.481 e. The normalized spacial score (nSPS) is 11.3. The van der Waals surface area contributed by atoms with Crippen molar-refractivity contribution in [2.45, 2.75) is 6.42 Å². The lowest BCUT2D eigenvalue weighted by Gasteiger charge is -2.09. The van der Waals surface area contributed by atoms with Gasteiger partial charge in [-0.3, -0.25) is 9.59 Å². The highest BCUT2D eigenvalue weighted by Gasteiger charge is 2.18. The van der Waals surface area contributed by atoms with E-state index < -0.39 is 11.5 Å². The molecule has 2 aromatic heterocycles. The number of para-hydroxylation sites is 1. The van der Waals surface area contributed by atoms with E-state index in [0.29, 0.717) is 10.5 Å². The Balaban J connectivity index is 2.05. The molecule has 4 aromatic rings. The van der Waals surface area contributed by atoms with Crippen LogP contribution in [0.25, 0.3) is 26.1 Å². The third kappa shape index (κ3) is 2.84. The van der Waals surface area contributed by atoms with Crippen molar-refractivity contribution in [2.24, 2.45) is 0 Å². The first kappa shape index (κ1) is 17.0. The number of aromatic nitrogens is 3. The molecule has 0 saturated heterocycles.